The van der Waals surface area contributed by atoms with E-state index < -0.39 is 10.0 Å². The molecule has 1 heterocycles. The van der Waals surface area contributed by atoms with Gasteiger partial charge < -0.3 is 10.2 Å². The quantitative estimate of drug-likeness (QED) is 0.753. The summed E-state index contributed by atoms with van der Waals surface area (Å²) in [5, 5.41) is 8.01. The van der Waals surface area contributed by atoms with Gasteiger partial charge in [-0.3, -0.25) is 4.79 Å². The minimum absolute atomic E-state index is 0.00757. The number of unbranched alkanes of at least 4 members (excludes halogenated alkanes) is 1. The Morgan fingerprint density at radius 3 is 2.86 bits per heavy atom. The van der Waals surface area contributed by atoms with Gasteiger partial charge >= 0.3 is 0 Å². The monoisotopic (exact) mass is 311 g/mol. The summed E-state index contributed by atoms with van der Waals surface area (Å²) in [6.07, 6.45) is 2.74. The molecule has 3 N–H and O–H groups in total. The van der Waals surface area contributed by atoms with E-state index in [0.29, 0.717) is 19.6 Å². The number of nitrogens with one attached hydrogen (secondary N) is 1. The van der Waals surface area contributed by atoms with Crippen molar-refractivity contribution in [1.82, 2.24) is 5.32 Å². The first-order chi connectivity index (χ1) is 9.91. The van der Waals surface area contributed by atoms with Crippen molar-refractivity contribution in [2.45, 2.75) is 31.1 Å². The molecule has 7 heteroatoms. The highest BCUT2D eigenvalue weighted by Crippen LogP contribution is 2.29. The third-order valence-electron chi connectivity index (χ3n) is 3.56. The van der Waals surface area contributed by atoms with Crippen molar-refractivity contribution >= 4 is 21.6 Å². The molecule has 1 aliphatic rings. The van der Waals surface area contributed by atoms with Crippen LogP contribution in [0.1, 0.15) is 25.3 Å². The van der Waals surface area contributed by atoms with E-state index in [9.17, 15) is 13.2 Å². The average molecular weight is 311 g/mol. The van der Waals surface area contributed by atoms with Crippen LogP contribution in [0, 0.1) is 0 Å². The molecule has 1 amide bonds. The Labute approximate surface area is 125 Å². The lowest BCUT2D eigenvalue weighted by atomic mass is 10.2. The zero-order valence-corrected chi connectivity index (χ0v) is 12.9. The van der Waals surface area contributed by atoms with Crippen LogP contribution >= 0.6 is 0 Å². The summed E-state index contributed by atoms with van der Waals surface area (Å²) >= 11 is 0. The molecule has 1 aromatic carbocycles. The number of fused-ring (bicyclic) bond motifs is 1. The highest BCUT2D eigenvalue weighted by Gasteiger charge is 2.22. The standard InChI is InChI=1S/C14H21N3O3S/c1-2-3-7-16-14(18)10-17-8-6-11-9-12(21(15,19)20)4-5-13(11)17/h4-5,9H,2-3,6-8,10H2,1H3,(H,16,18)(H2,15,19,20). The highest BCUT2D eigenvalue weighted by atomic mass is 32.2. The van der Waals surface area contributed by atoms with E-state index in [1.165, 1.54) is 6.07 Å². The van der Waals surface area contributed by atoms with Crippen LogP contribution in [0.5, 0.6) is 0 Å². The number of hydrogen-bond acceptors (Lipinski definition) is 4. The number of nitrogens with two attached hydrogens (primary N) is 1. The smallest absolute Gasteiger partial charge is 0.239 e. The lowest BCUT2D eigenvalue weighted by Gasteiger charge is -2.19. The van der Waals surface area contributed by atoms with Gasteiger partial charge in [0.15, 0.2) is 0 Å². The van der Waals surface area contributed by atoms with Gasteiger partial charge in [-0.1, -0.05) is 13.3 Å². The summed E-state index contributed by atoms with van der Waals surface area (Å²) in [7, 11) is -3.68. The maximum atomic E-state index is 11.8. The molecular formula is C14H21N3O3S. The highest BCUT2D eigenvalue weighted by molar-refractivity contribution is 7.89. The molecule has 0 atom stereocenters. The van der Waals surface area contributed by atoms with Crippen molar-refractivity contribution in [3.05, 3.63) is 23.8 Å². The SMILES string of the molecule is CCCCNC(=O)CN1CCc2cc(S(N)(=O)=O)ccc21. The van der Waals surface area contributed by atoms with Crippen molar-refractivity contribution in [2.75, 3.05) is 24.5 Å². The molecule has 0 saturated heterocycles. The Balaban J connectivity index is 2.04. The van der Waals surface area contributed by atoms with E-state index in [2.05, 4.69) is 12.2 Å². The fourth-order valence-electron chi connectivity index (χ4n) is 2.42. The minimum atomic E-state index is -3.68. The lowest BCUT2D eigenvalue weighted by Crippen LogP contribution is -2.36. The second kappa shape index (κ2) is 6.44. The van der Waals surface area contributed by atoms with Gasteiger partial charge in [0.1, 0.15) is 0 Å². The lowest BCUT2D eigenvalue weighted by molar-refractivity contribution is -0.119. The maximum absolute atomic E-state index is 11.8. The summed E-state index contributed by atoms with van der Waals surface area (Å²) in [6, 6.07) is 4.81. The number of carbonyl (C=O) groups is 1. The molecule has 1 aromatic rings. The number of anilines is 1. The second-order valence-corrected chi connectivity index (χ2v) is 6.77. The molecule has 6 nitrogen and oxygen atoms in total. The zero-order valence-electron chi connectivity index (χ0n) is 12.1. The van der Waals surface area contributed by atoms with Crippen LogP contribution in [-0.2, 0) is 21.2 Å². The van der Waals surface area contributed by atoms with Gasteiger partial charge in [-0.25, -0.2) is 13.6 Å². The average Bonchev–Trinajstić information content (AvgIpc) is 2.80. The molecule has 0 saturated carbocycles. The molecule has 21 heavy (non-hydrogen) atoms. The Morgan fingerprint density at radius 1 is 1.43 bits per heavy atom. The first-order valence-electron chi connectivity index (χ1n) is 7.09. The number of benzene rings is 1. The number of primary sulfonamides is 1. The van der Waals surface area contributed by atoms with Crippen molar-refractivity contribution in [3.8, 4) is 0 Å². The Morgan fingerprint density at radius 2 is 2.19 bits per heavy atom. The molecule has 0 unspecified atom stereocenters. The van der Waals surface area contributed by atoms with Crippen molar-refractivity contribution in [1.29, 1.82) is 0 Å². The van der Waals surface area contributed by atoms with E-state index in [1.54, 1.807) is 12.1 Å². The van der Waals surface area contributed by atoms with Gasteiger partial charge in [0.05, 0.1) is 11.4 Å². The van der Waals surface area contributed by atoms with Crippen molar-refractivity contribution in [2.24, 2.45) is 5.14 Å². The number of rotatable bonds is 6. The minimum Gasteiger partial charge on any atom is -0.362 e. The fraction of sp³-hybridized carbons (Fsp3) is 0.500. The Hall–Kier alpha value is -1.60. The molecule has 1 aliphatic heterocycles. The molecule has 2 rings (SSSR count). The van der Waals surface area contributed by atoms with E-state index in [0.717, 1.165) is 30.5 Å². The zero-order chi connectivity index (χ0) is 15.5. The summed E-state index contributed by atoms with van der Waals surface area (Å²) < 4.78 is 22.7. The van der Waals surface area contributed by atoms with E-state index in [-0.39, 0.29) is 10.8 Å². The third kappa shape index (κ3) is 3.95. The largest absolute Gasteiger partial charge is 0.362 e. The van der Waals surface area contributed by atoms with Crippen LogP contribution in [0.4, 0.5) is 5.69 Å². The molecule has 0 fully saturated rings. The number of sulfonamides is 1. The normalized spacial score (nSPS) is 14.1. The summed E-state index contributed by atoms with van der Waals surface area (Å²) in [5.74, 6) is -0.00757. The van der Waals surface area contributed by atoms with Gasteiger partial charge in [0.25, 0.3) is 0 Å². The first kappa shape index (κ1) is 15.8. The van der Waals surface area contributed by atoms with Crippen LogP contribution in [-0.4, -0.2) is 34.0 Å². The number of hydrogen-bond donors (Lipinski definition) is 2. The second-order valence-electron chi connectivity index (χ2n) is 5.21. The molecule has 0 aliphatic carbocycles. The van der Waals surface area contributed by atoms with E-state index >= 15 is 0 Å². The fourth-order valence-corrected chi connectivity index (χ4v) is 2.99. The maximum Gasteiger partial charge on any atom is 0.239 e. The van der Waals surface area contributed by atoms with Crippen LogP contribution < -0.4 is 15.4 Å². The summed E-state index contributed by atoms with van der Waals surface area (Å²) in [4.78, 5) is 13.9. The van der Waals surface area contributed by atoms with Crippen LogP contribution in [0.3, 0.4) is 0 Å². The number of carbonyl (C=O) groups excluding carboxylic acids is 1. The molecule has 116 valence electrons. The van der Waals surface area contributed by atoms with Gasteiger partial charge in [-0.05, 0) is 36.6 Å². The number of amides is 1. The Kier molecular flexibility index (Phi) is 4.84. The van der Waals surface area contributed by atoms with Crippen LogP contribution in [0.25, 0.3) is 0 Å². The van der Waals surface area contributed by atoms with Gasteiger partial charge in [0, 0.05) is 18.8 Å². The van der Waals surface area contributed by atoms with Crippen molar-refractivity contribution in [3.63, 3.8) is 0 Å². The van der Waals surface area contributed by atoms with E-state index in [1.807, 2.05) is 4.90 Å². The van der Waals surface area contributed by atoms with Gasteiger partial charge in [0.2, 0.25) is 15.9 Å². The van der Waals surface area contributed by atoms with Crippen LogP contribution in [0.2, 0.25) is 0 Å². The molecule has 0 bridgehead atoms. The number of nitrogens with zero attached hydrogens (tertiary/aromatic N) is 1. The van der Waals surface area contributed by atoms with Crippen LogP contribution in [0.15, 0.2) is 23.1 Å². The molecular weight excluding hydrogens is 290 g/mol. The van der Waals surface area contributed by atoms with Crippen molar-refractivity contribution < 1.29 is 13.2 Å². The summed E-state index contributed by atoms with van der Waals surface area (Å²) in [6.45, 7) is 3.78. The molecule has 0 spiro atoms. The summed E-state index contributed by atoms with van der Waals surface area (Å²) in [5.41, 5.74) is 1.83. The van der Waals surface area contributed by atoms with Gasteiger partial charge in [-0.15, -0.1) is 0 Å². The van der Waals surface area contributed by atoms with E-state index in [4.69, 9.17) is 5.14 Å². The third-order valence-corrected chi connectivity index (χ3v) is 4.47. The van der Waals surface area contributed by atoms with Gasteiger partial charge in [-0.2, -0.15) is 0 Å². The predicted molar refractivity (Wildman–Crippen MR) is 81.6 cm³/mol. The molecule has 0 aromatic heterocycles. The molecule has 0 radical (unpaired) electrons. The Bertz CT molecular complexity index is 628. The first-order valence-corrected chi connectivity index (χ1v) is 8.64. The topological polar surface area (TPSA) is 92.5 Å². The predicted octanol–water partition coefficient (Wildman–Crippen LogP) is 0.613.